The number of aromatic amines is 1. The van der Waals surface area contributed by atoms with E-state index in [0.29, 0.717) is 5.82 Å². The van der Waals surface area contributed by atoms with Gasteiger partial charge in [-0.25, -0.2) is 0 Å². The first-order valence-corrected chi connectivity index (χ1v) is 6.82. The van der Waals surface area contributed by atoms with E-state index in [4.69, 9.17) is 4.42 Å². The van der Waals surface area contributed by atoms with Gasteiger partial charge in [0.1, 0.15) is 5.58 Å². The van der Waals surface area contributed by atoms with Crippen molar-refractivity contribution in [2.24, 2.45) is 0 Å². The minimum absolute atomic E-state index is 0.109. The van der Waals surface area contributed by atoms with Crippen LogP contribution in [0.1, 0.15) is 22.4 Å². The summed E-state index contributed by atoms with van der Waals surface area (Å²) in [6.07, 6.45) is 1.92. The van der Waals surface area contributed by atoms with Crippen LogP contribution in [0.3, 0.4) is 0 Å². The molecule has 1 aromatic carbocycles. The van der Waals surface area contributed by atoms with Crippen LogP contribution in [0.4, 0.5) is 5.82 Å². The van der Waals surface area contributed by atoms with E-state index in [9.17, 15) is 4.79 Å². The number of nitrogens with zero attached hydrogens (tertiary/aromatic N) is 1. The molecule has 2 N–H and O–H groups in total. The van der Waals surface area contributed by atoms with Gasteiger partial charge in [-0.15, -0.1) is 0 Å². The summed E-state index contributed by atoms with van der Waals surface area (Å²) in [6, 6.07) is 5.84. The number of rotatable bonds is 3. The van der Waals surface area contributed by atoms with Crippen LogP contribution in [-0.4, -0.2) is 16.1 Å². The first kappa shape index (κ1) is 13.4. The summed E-state index contributed by atoms with van der Waals surface area (Å²) in [4.78, 5) is 12.1. The van der Waals surface area contributed by atoms with Crippen LogP contribution in [0, 0.1) is 20.8 Å². The van der Waals surface area contributed by atoms with Crippen molar-refractivity contribution in [1.82, 2.24) is 10.2 Å². The Hall–Kier alpha value is -2.56. The Morgan fingerprint density at radius 1 is 1.33 bits per heavy atom. The molecule has 0 atom stereocenters. The van der Waals surface area contributed by atoms with Crippen molar-refractivity contribution < 1.29 is 9.21 Å². The lowest BCUT2D eigenvalue weighted by Crippen LogP contribution is -2.14. The molecule has 3 aromatic rings. The molecule has 0 aliphatic rings. The third-order valence-electron chi connectivity index (χ3n) is 3.67. The number of hydrogen-bond acceptors (Lipinski definition) is 3. The number of anilines is 1. The summed E-state index contributed by atoms with van der Waals surface area (Å²) in [5, 5.41) is 10.5. The largest absolute Gasteiger partial charge is 0.464 e. The van der Waals surface area contributed by atoms with Gasteiger partial charge in [-0.1, -0.05) is 12.1 Å². The maximum absolute atomic E-state index is 12.1. The number of fused-ring (bicyclic) bond motifs is 1. The molecule has 3 rings (SSSR count). The second-order valence-corrected chi connectivity index (χ2v) is 5.31. The quantitative estimate of drug-likeness (QED) is 0.775. The number of furan rings is 1. The van der Waals surface area contributed by atoms with E-state index >= 15 is 0 Å². The molecule has 108 valence electrons. The topological polar surface area (TPSA) is 70.9 Å². The van der Waals surface area contributed by atoms with E-state index in [1.165, 1.54) is 5.56 Å². The summed E-state index contributed by atoms with van der Waals surface area (Å²) in [6.45, 7) is 5.96. The highest BCUT2D eigenvalue weighted by Gasteiger charge is 2.13. The minimum atomic E-state index is -0.109. The molecule has 0 unspecified atom stereocenters. The Kier molecular flexibility index (Phi) is 3.25. The fraction of sp³-hybridized carbons (Fsp3) is 0.250. The van der Waals surface area contributed by atoms with Crippen LogP contribution in [-0.2, 0) is 11.2 Å². The molecule has 0 fully saturated rings. The smallest absolute Gasteiger partial charge is 0.230 e. The van der Waals surface area contributed by atoms with Gasteiger partial charge in [0, 0.05) is 22.7 Å². The Labute approximate surface area is 122 Å². The molecular formula is C16H17N3O2. The van der Waals surface area contributed by atoms with Crippen LogP contribution in [0.25, 0.3) is 11.0 Å². The van der Waals surface area contributed by atoms with Gasteiger partial charge in [0.05, 0.1) is 12.7 Å². The van der Waals surface area contributed by atoms with Gasteiger partial charge in [0.25, 0.3) is 0 Å². The highest BCUT2D eigenvalue weighted by atomic mass is 16.3. The number of aromatic nitrogens is 2. The Balaban J connectivity index is 1.82. The maximum Gasteiger partial charge on any atom is 0.230 e. The average molecular weight is 283 g/mol. The van der Waals surface area contributed by atoms with E-state index < -0.39 is 0 Å². The number of benzene rings is 1. The molecule has 0 radical (unpaired) electrons. The summed E-state index contributed by atoms with van der Waals surface area (Å²) in [5.41, 5.74) is 4.94. The molecule has 5 nitrogen and oxygen atoms in total. The van der Waals surface area contributed by atoms with Crippen LogP contribution in [0.15, 0.2) is 28.9 Å². The fourth-order valence-electron chi connectivity index (χ4n) is 2.37. The lowest BCUT2D eigenvalue weighted by molar-refractivity contribution is -0.115. The van der Waals surface area contributed by atoms with Gasteiger partial charge in [0.15, 0.2) is 5.82 Å². The van der Waals surface area contributed by atoms with E-state index in [0.717, 1.165) is 27.8 Å². The maximum atomic E-state index is 12.1. The lowest BCUT2D eigenvalue weighted by Gasteiger charge is -2.02. The van der Waals surface area contributed by atoms with Crippen LogP contribution < -0.4 is 5.32 Å². The van der Waals surface area contributed by atoms with Gasteiger partial charge in [-0.05, 0) is 31.9 Å². The van der Waals surface area contributed by atoms with Crippen molar-refractivity contribution in [2.75, 3.05) is 5.32 Å². The predicted octanol–water partition coefficient (Wildman–Crippen LogP) is 3.26. The van der Waals surface area contributed by atoms with E-state index in [2.05, 4.69) is 15.5 Å². The first-order chi connectivity index (χ1) is 10.0. The van der Waals surface area contributed by atoms with Crippen molar-refractivity contribution in [3.8, 4) is 0 Å². The highest BCUT2D eigenvalue weighted by Crippen LogP contribution is 2.26. The molecule has 0 saturated heterocycles. The van der Waals surface area contributed by atoms with Gasteiger partial charge >= 0.3 is 0 Å². The van der Waals surface area contributed by atoms with Crippen molar-refractivity contribution >= 4 is 22.7 Å². The first-order valence-electron chi connectivity index (χ1n) is 6.82. The fourth-order valence-corrected chi connectivity index (χ4v) is 2.37. The molecule has 0 spiro atoms. The zero-order valence-corrected chi connectivity index (χ0v) is 12.3. The highest BCUT2D eigenvalue weighted by molar-refractivity contribution is 5.95. The van der Waals surface area contributed by atoms with Crippen molar-refractivity contribution in [3.63, 3.8) is 0 Å². The standard InChI is InChI=1S/C16H17N3O2/c1-9-4-5-13-12(8-21-16(13)11(9)3)7-15(20)17-14-6-10(2)18-19-14/h4-6,8H,7H2,1-3H3,(H2,17,18,19,20). The summed E-state index contributed by atoms with van der Waals surface area (Å²) < 4.78 is 5.61. The number of amides is 1. The molecule has 0 aliphatic heterocycles. The van der Waals surface area contributed by atoms with Gasteiger partial charge in [0.2, 0.25) is 5.91 Å². The number of hydrogen-bond donors (Lipinski definition) is 2. The molecule has 1 amide bonds. The van der Waals surface area contributed by atoms with Gasteiger partial charge < -0.3 is 9.73 Å². The molecule has 2 aromatic heterocycles. The Morgan fingerprint density at radius 3 is 2.86 bits per heavy atom. The Bertz CT molecular complexity index is 814. The zero-order valence-electron chi connectivity index (χ0n) is 12.3. The predicted molar refractivity (Wildman–Crippen MR) is 81.3 cm³/mol. The zero-order chi connectivity index (χ0) is 15.0. The summed E-state index contributed by atoms with van der Waals surface area (Å²) in [5.74, 6) is 0.430. The normalized spacial score (nSPS) is 11.0. The van der Waals surface area contributed by atoms with E-state index in [1.54, 1.807) is 12.3 Å². The van der Waals surface area contributed by atoms with Gasteiger partial charge in [-0.2, -0.15) is 5.10 Å². The summed E-state index contributed by atoms with van der Waals surface area (Å²) in [7, 11) is 0. The molecular weight excluding hydrogens is 266 g/mol. The van der Waals surface area contributed by atoms with Crippen molar-refractivity contribution in [1.29, 1.82) is 0 Å². The number of carbonyl (C=O) groups excluding carboxylic acids is 1. The number of H-pyrrole nitrogens is 1. The van der Waals surface area contributed by atoms with Crippen molar-refractivity contribution in [3.05, 3.63) is 46.8 Å². The molecule has 0 saturated carbocycles. The second-order valence-electron chi connectivity index (χ2n) is 5.31. The SMILES string of the molecule is Cc1cc(NC(=O)Cc2coc3c(C)c(C)ccc23)n[nH]1. The summed E-state index contributed by atoms with van der Waals surface area (Å²) >= 11 is 0. The second kappa shape index (κ2) is 5.09. The van der Waals surface area contributed by atoms with E-state index in [1.807, 2.05) is 32.9 Å². The number of nitrogens with one attached hydrogen (secondary N) is 2. The van der Waals surface area contributed by atoms with Gasteiger partial charge in [-0.3, -0.25) is 9.89 Å². The van der Waals surface area contributed by atoms with Crippen LogP contribution in [0.2, 0.25) is 0 Å². The number of aryl methyl sites for hydroxylation is 3. The third-order valence-corrected chi connectivity index (χ3v) is 3.67. The molecule has 21 heavy (non-hydrogen) atoms. The Morgan fingerprint density at radius 2 is 2.14 bits per heavy atom. The molecule has 0 bridgehead atoms. The third kappa shape index (κ3) is 2.54. The van der Waals surface area contributed by atoms with Crippen LogP contribution >= 0.6 is 0 Å². The molecule has 5 heteroatoms. The number of carbonyl (C=O) groups is 1. The average Bonchev–Trinajstić information content (AvgIpc) is 3.01. The minimum Gasteiger partial charge on any atom is -0.464 e. The van der Waals surface area contributed by atoms with Crippen LogP contribution in [0.5, 0.6) is 0 Å². The lowest BCUT2D eigenvalue weighted by atomic mass is 10.0. The molecule has 2 heterocycles. The molecule has 0 aliphatic carbocycles. The van der Waals surface area contributed by atoms with Crippen molar-refractivity contribution in [2.45, 2.75) is 27.2 Å². The van der Waals surface area contributed by atoms with E-state index in [-0.39, 0.29) is 12.3 Å². The monoisotopic (exact) mass is 283 g/mol.